The Kier molecular flexibility index (Phi) is 5.78. The van der Waals surface area contributed by atoms with Crippen LogP contribution in [0.5, 0.6) is 0 Å². The maximum atomic E-state index is 6.63. The van der Waals surface area contributed by atoms with Gasteiger partial charge in [-0.25, -0.2) is 0 Å². The van der Waals surface area contributed by atoms with Crippen molar-refractivity contribution in [3.05, 3.63) is 164 Å². The van der Waals surface area contributed by atoms with Gasteiger partial charge in [0.25, 0.3) is 0 Å². The summed E-state index contributed by atoms with van der Waals surface area (Å²) in [5.74, 6) is 0. The first-order valence-corrected chi connectivity index (χ1v) is 16.7. The minimum atomic E-state index is 0.899. The van der Waals surface area contributed by atoms with Crippen LogP contribution in [0.1, 0.15) is 0 Å². The van der Waals surface area contributed by atoms with E-state index in [1.54, 1.807) is 0 Å². The molecule has 0 unspecified atom stereocenters. The van der Waals surface area contributed by atoms with E-state index >= 15 is 0 Å². The van der Waals surface area contributed by atoms with Crippen molar-refractivity contribution in [2.75, 3.05) is 0 Å². The van der Waals surface area contributed by atoms with Crippen LogP contribution in [0.3, 0.4) is 0 Å². The number of aromatic nitrogens is 1. The number of thiophene rings is 1. The average molecular weight is 618 g/mol. The summed E-state index contributed by atoms with van der Waals surface area (Å²) in [4.78, 5) is 0. The van der Waals surface area contributed by atoms with Crippen LogP contribution in [0.4, 0.5) is 0 Å². The Balaban J connectivity index is 1.07. The van der Waals surface area contributed by atoms with Gasteiger partial charge >= 0.3 is 0 Å². The summed E-state index contributed by atoms with van der Waals surface area (Å²) in [6.45, 7) is 0. The Labute approximate surface area is 275 Å². The highest BCUT2D eigenvalue weighted by Gasteiger charge is 2.20. The summed E-state index contributed by atoms with van der Waals surface area (Å²) in [7, 11) is 0. The molecule has 3 heteroatoms. The van der Waals surface area contributed by atoms with Crippen LogP contribution in [0.15, 0.2) is 168 Å². The minimum Gasteiger partial charge on any atom is -0.454 e. The van der Waals surface area contributed by atoms with Gasteiger partial charge in [-0.2, -0.15) is 0 Å². The van der Waals surface area contributed by atoms with Crippen molar-refractivity contribution < 1.29 is 4.42 Å². The smallest absolute Gasteiger partial charge is 0.161 e. The zero-order valence-corrected chi connectivity index (χ0v) is 26.2. The van der Waals surface area contributed by atoms with Crippen molar-refractivity contribution in [3.63, 3.8) is 0 Å². The van der Waals surface area contributed by atoms with E-state index in [-0.39, 0.29) is 0 Å². The number of fused-ring (bicyclic) bond motifs is 8. The van der Waals surface area contributed by atoms with Crippen LogP contribution in [0.2, 0.25) is 0 Å². The molecule has 220 valence electrons. The van der Waals surface area contributed by atoms with Crippen molar-refractivity contribution >= 4 is 64.5 Å². The van der Waals surface area contributed by atoms with E-state index in [1.807, 2.05) is 11.3 Å². The third kappa shape index (κ3) is 4.04. The lowest BCUT2D eigenvalue weighted by molar-refractivity contribution is 0.673. The molecule has 47 heavy (non-hydrogen) atoms. The number of nitrogens with zero attached hydrogens (tertiary/aromatic N) is 1. The van der Waals surface area contributed by atoms with E-state index in [0.717, 1.165) is 44.2 Å². The molecule has 0 saturated carbocycles. The van der Waals surface area contributed by atoms with Gasteiger partial charge in [-0.05, 0) is 75.8 Å². The molecular formula is C44H27NOS. The van der Waals surface area contributed by atoms with Crippen molar-refractivity contribution in [3.8, 4) is 39.1 Å². The van der Waals surface area contributed by atoms with Crippen LogP contribution >= 0.6 is 11.3 Å². The zero-order chi connectivity index (χ0) is 30.9. The van der Waals surface area contributed by atoms with E-state index in [4.69, 9.17) is 4.42 Å². The number of hydrogen-bond donors (Lipinski definition) is 0. The molecule has 0 atom stereocenters. The summed E-state index contributed by atoms with van der Waals surface area (Å²) in [6.07, 6.45) is 0. The predicted octanol–water partition coefficient (Wildman–Crippen LogP) is 12.9. The molecule has 3 heterocycles. The molecule has 0 saturated heterocycles. The number of hydrogen-bond acceptors (Lipinski definition) is 2. The van der Waals surface area contributed by atoms with Gasteiger partial charge in [-0.15, -0.1) is 11.3 Å². The third-order valence-corrected chi connectivity index (χ3v) is 10.6. The Morgan fingerprint density at radius 1 is 0.468 bits per heavy atom. The highest BCUT2D eigenvalue weighted by molar-refractivity contribution is 7.26. The van der Waals surface area contributed by atoms with Crippen molar-refractivity contribution in [2.24, 2.45) is 0 Å². The van der Waals surface area contributed by atoms with Gasteiger partial charge in [0.2, 0.25) is 0 Å². The molecule has 10 rings (SSSR count). The van der Waals surface area contributed by atoms with Crippen molar-refractivity contribution in [2.45, 2.75) is 0 Å². The summed E-state index contributed by atoms with van der Waals surface area (Å²) >= 11 is 1.88. The summed E-state index contributed by atoms with van der Waals surface area (Å²) in [5.41, 5.74) is 12.6. The molecule has 0 amide bonds. The van der Waals surface area contributed by atoms with Gasteiger partial charge in [0.05, 0.1) is 5.52 Å². The second kappa shape index (κ2) is 10.3. The molecule has 2 nitrogen and oxygen atoms in total. The van der Waals surface area contributed by atoms with Gasteiger partial charge in [-0.1, -0.05) is 121 Å². The van der Waals surface area contributed by atoms with Crippen LogP contribution in [-0.4, -0.2) is 4.57 Å². The topological polar surface area (TPSA) is 18.1 Å². The predicted molar refractivity (Wildman–Crippen MR) is 200 cm³/mol. The lowest BCUT2D eigenvalue weighted by Crippen LogP contribution is -1.92. The summed E-state index contributed by atoms with van der Waals surface area (Å²) in [6, 6.07) is 58.7. The molecule has 3 aromatic heterocycles. The van der Waals surface area contributed by atoms with Crippen molar-refractivity contribution in [1.82, 2.24) is 4.57 Å². The lowest BCUT2D eigenvalue weighted by atomic mass is 9.95. The molecule has 0 radical (unpaired) electrons. The van der Waals surface area contributed by atoms with Gasteiger partial charge in [0.1, 0.15) is 11.1 Å². The van der Waals surface area contributed by atoms with Gasteiger partial charge in [-0.3, -0.25) is 0 Å². The fourth-order valence-electron chi connectivity index (χ4n) is 7.27. The molecule has 0 aliphatic heterocycles. The molecule has 0 N–H and O–H groups in total. The SMILES string of the molecule is c1ccc(-c2cccc3c2sc2cccc(-c4ccc(-c5ccc6c(c5)oc5c7ccccc7n(-c7ccccc7)c65)cc4)c23)cc1. The average Bonchev–Trinajstić information content (AvgIpc) is 3.81. The van der Waals surface area contributed by atoms with E-state index < -0.39 is 0 Å². The fraction of sp³-hybridized carbons (Fsp3) is 0. The van der Waals surface area contributed by atoms with Gasteiger partial charge in [0, 0.05) is 36.6 Å². The Bertz CT molecular complexity index is 2770. The maximum Gasteiger partial charge on any atom is 0.161 e. The lowest BCUT2D eigenvalue weighted by Gasteiger charge is -2.08. The first kappa shape index (κ1) is 26.3. The molecule has 0 aliphatic carbocycles. The highest BCUT2D eigenvalue weighted by Crippen LogP contribution is 2.44. The standard InChI is InChI=1S/C44H27NOS/c1-3-11-29(12-4-1)34-17-9-18-37-41-33(16-10-20-40(41)47-44(34)37)30-23-21-28(22-24-30)31-25-26-36-39(27-31)46-43-35-15-7-8-19-38(35)45(42(36)43)32-13-5-2-6-14-32/h1-27H. The van der Waals surface area contributed by atoms with E-state index in [1.165, 1.54) is 48.0 Å². The van der Waals surface area contributed by atoms with Crippen LogP contribution in [0.25, 0.3) is 92.2 Å². The fourth-order valence-corrected chi connectivity index (χ4v) is 8.53. The minimum absolute atomic E-state index is 0.899. The quantitative estimate of drug-likeness (QED) is 0.192. The van der Waals surface area contributed by atoms with Crippen LogP contribution in [0, 0.1) is 0 Å². The first-order valence-electron chi connectivity index (χ1n) is 15.9. The zero-order valence-electron chi connectivity index (χ0n) is 25.4. The van der Waals surface area contributed by atoms with Gasteiger partial charge < -0.3 is 8.98 Å². The second-order valence-corrected chi connectivity index (χ2v) is 13.1. The Hall–Kier alpha value is -5.90. The molecule has 0 spiro atoms. The highest BCUT2D eigenvalue weighted by atomic mass is 32.1. The van der Waals surface area contributed by atoms with Crippen LogP contribution < -0.4 is 0 Å². The Morgan fingerprint density at radius 2 is 1.13 bits per heavy atom. The normalized spacial score (nSPS) is 11.8. The molecule has 7 aromatic carbocycles. The monoisotopic (exact) mass is 617 g/mol. The van der Waals surface area contributed by atoms with E-state index in [0.29, 0.717) is 0 Å². The molecule has 0 aliphatic rings. The maximum absolute atomic E-state index is 6.63. The summed E-state index contributed by atoms with van der Waals surface area (Å²) in [5, 5.41) is 4.88. The summed E-state index contributed by atoms with van der Waals surface area (Å²) < 4.78 is 11.6. The van der Waals surface area contributed by atoms with Crippen molar-refractivity contribution in [1.29, 1.82) is 0 Å². The number of benzene rings is 7. The largest absolute Gasteiger partial charge is 0.454 e. The number of para-hydroxylation sites is 2. The molecular weight excluding hydrogens is 591 g/mol. The van der Waals surface area contributed by atoms with E-state index in [2.05, 4.69) is 168 Å². The third-order valence-electron chi connectivity index (χ3n) is 9.43. The first-order chi connectivity index (χ1) is 23.3. The number of rotatable bonds is 4. The molecule has 0 fully saturated rings. The number of furan rings is 1. The van der Waals surface area contributed by atoms with Crippen LogP contribution in [-0.2, 0) is 0 Å². The second-order valence-electron chi connectivity index (χ2n) is 12.1. The van der Waals surface area contributed by atoms with Gasteiger partial charge in [0.15, 0.2) is 5.58 Å². The molecule has 0 bridgehead atoms. The Morgan fingerprint density at radius 3 is 1.98 bits per heavy atom. The molecule has 10 aromatic rings. The van der Waals surface area contributed by atoms with E-state index in [9.17, 15) is 0 Å².